The molecule has 1 atom stereocenters. The second-order valence-corrected chi connectivity index (χ2v) is 6.80. The number of nitro groups is 1. The van der Waals surface area contributed by atoms with Crippen molar-refractivity contribution < 1.29 is 9.72 Å². The molecule has 0 saturated heterocycles. The van der Waals surface area contributed by atoms with Crippen molar-refractivity contribution >= 4 is 28.3 Å². The lowest BCUT2D eigenvalue weighted by Gasteiger charge is -2.30. The number of nitro benzene ring substituents is 1. The van der Waals surface area contributed by atoms with Gasteiger partial charge in [-0.3, -0.25) is 19.5 Å². The normalized spacial score (nSPS) is 11.8. The molecule has 2 aromatic carbocycles. The van der Waals surface area contributed by atoms with Gasteiger partial charge in [0.15, 0.2) is 0 Å². The molecule has 1 heterocycles. The third-order valence-electron chi connectivity index (χ3n) is 5.01. The number of fused-ring (bicyclic) bond motifs is 1. The number of aromatic nitrogens is 2. The van der Waals surface area contributed by atoms with E-state index in [0.29, 0.717) is 35.4 Å². The molecule has 1 unspecified atom stereocenters. The number of nitrogens with one attached hydrogen (secondary N) is 1. The Bertz CT molecular complexity index is 1140. The van der Waals surface area contributed by atoms with Gasteiger partial charge in [0.1, 0.15) is 5.82 Å². The molecule has 3 aromatic rings. The number of hydrogen-bond donors (Lipinski definition) is 1. The fourth-order valence-electron chi connectivity index (χ4n) is 3.44. The zero-order chi connectivity index (χ0) is 21.8. The Morgan fingerprint density at radius 2 is 1.87 bits per heavy atom. The number of amides is 2. The molecular weight excluding hydrogens is 386 g/mol. The van der Waals surface area contributed by atoms with Crippen LogP contribution >= 0.6 is 0 Å². The van der Waals surface area contributed by atoms with Crippen LogP contribution in [0.15, 0.2) is 53.3 Å². The Labute approximate surface area is 173 Å². The summed E-state index contributed by atoms with van der Waals surface area (Å²) in [6, 6.07) is 11.9. The fourth-order valence-corrected chi connectivity index (χ4v) is 3.44. The molecule has 156 valence electrons. The van der Waals surface area contributed by atoms with E-state index in [1.54, 1.807) is 30.1 Å². The zero-order valence-electron chi connectivity index (χ0n) is 17.0. The van der Waals surface area contributed by atoms with Crippen molar-refractivity contribution in [3.8, 4) is 0 Å². The number of carbonyl (C=O) groups excluding carboxylic acids is 1. The number of non-ortho nitro benzene ring substituents is 1. The van der Waals surface area contributed by atoms with E-state index in [1.165, 1.54) is 28.8 Å². The average molecular weight is 409 g/mol. The number of rotatable bonds is 6. The third kappa shape index (κ3) is 4.00. The predicted molar refractivity (Wildman–Crippen MR) is 115 cm³/mol. The zero-order valence-corrected chi connectivity index (χ0v) is 17.0. The first kappa shape index (κ1) is 21.0. The van der Waals surface area contributed by atoms with Gasteiger partial charge in [0.2, 0.25) is 0 Å². The molecule has 0 bridgehead atoms. The summed E-state index contributed by atoms with van der Waals surface area (Å²) in [7, 11) is 1.65. The van der Waals surface area contributed by atoms with Gasteiger partial charge in [-0.1, -0.05) is 19.1 Å². The standard InChI is InChI=1S/C21H23N5O4/c1-4-18(19-23-17-9-7-6-8-16(17)20(27)24(19)3)25(5-2)21(28)22-14-10-12-15(13-11-14)26(29)30/h6-13,18H,4-5H2,1-3H3,(H,22,28). The van der Waals surface area contributed by atoms with Crippen LogP contribution < -0.4 is 10.9 Å². The van der Waals surface area contributed by atoms with Gasteiger partial charge in [-0.15, -0.1) is 0 Å². The van der Waals surface area contributed by atoms with Crippen LogP contribution in [-0.2, 0) is 7.05 Å². The molecule has 0 spiro atoms. The van der Waals surface area contributed by atoms with Crippen molar-refractivity contribution in [1.82, 2.24) is 14.5 Å². The minimum Gasteiger partial charge on any atom is -0.315 e. The van der Waals surface area contributed by atoms with Crippen LogP contribution in [0.2, 0.25) is 0 Å². The van der Waals surface area contributed by atoms with E-state index in [1.807, 2.05) is 19.9 Å². The Hall–Kier alpha value is -3.75. The van der Waals surface area contributed by atoms with E-state index in [4.69, 9.17) is 0 Å². The Morgan fingerprint density at radius 3 is 2.47 bits per heavy atom. The maximum absolute atomic E-state index is 13.0. The number of anilines is 1. The molecule has 0 aliphatic carbocycles. The highest BCUT2D eigenvalue weighted by molar-refractivity contribution is 5.89. The summed E-state index contributed by atoms with van der Waals surface area (Å²) in [5.74, 6) is 0.502. The Balaban J connectivity index is 1.93. The highest BCUT2D eigenvalue weighted by Gasteiger charge is 2.26. The van der Waals surface area contributed by atoms with Gasteiger partial charge in [0.25, 0.3) is 11.2 Å². The lowest BCUT2D eigenvalue weighted by Crippen LogP contribution is -2.40. The monoisotopic (exact) mass is 409 g/mol. The fraction of sp³-hybridized carbons (Fsp3) is 0.286. The number of benzene rings is 2. The molecular formula is C21H23N5O4. The topological polar surface area (TPSA) is 110 Å². The summed E-state index contributed by atoms with van der Waals surface area (Å²) in [5.41, 5.74) is 0.808. The number of para-hydroxylation sites is 1. The molecule has 0 aliphatic heterocycles. The summed E-state index contributed by atoms with van der Waals surface area (Å²) < 4.78 is 1.48. The van der Waals surface area contributed by atoms with Crippen LogP contribution in [0.5, 0.6) is 0 Å². The number of carbonyl (C=O) groups is 1. The van der Waals surface area contributed by atoms with Crippen molar-refractivity contribution in [2.24, 2.45) is 7.05 Å². The van der Waals surface area contributed by atoms with Gasteiger partial charge in [-0.25, -0.2) is 9.78 Å². The minimum atomic E-state index is -0.497. The largest absolute Gasteiger partial charge is 0.322 e. The molecule has 3 rings (SSSR count). The number of nitrogens with zero attached hydrogens (tertiary/aromatic N) is 4. The first-order valence-electron chi connectivity index (χ1n) is 9.65. The molecule has 0 aliphatic rings. The van der Waals surface area contributed by atoms with E-state index < -0.39 is 11.0 Å². The van der Waals surface area contributed by atoms with Crippen molar-refractivity contribution in [3.05, 3.63) is 74.8 Å². The van der Waals surface area contributed by atoms with Crippen LogP contribution in [0.3, 0.4) is 0 Å². The molecule has 0 radical (unpaired) electrons. The first-order valence-corrected chi connectivity index (χ1v) is 9.65. The molecule has 9 nitrogen and oxygen atoms in total. The van der Waals surface area contributed by atoms with Crippen molar-refractivity contribution in [2.45, 2.75) is 26.3 Å². The van der Waals surface area contributed by atoms with Crippen molar-refractivity contribution in [2.75, 3.05) is 11.9 Å². The number of hydrogen-bond acceptors (Lipinski definition) is 5. The van der Waals surface area contributed by atoms with Gasteiger partial charge in [-0.05, 0) is 37.6 Å². The predicted octanol–water partition coefficient (Wildman–Crippen LogP) is 3.85. The van der Waals surface area contributed by atoms with Gasteiger partial charge < -0.3 is 10.2 Å². The number of urea groups is 1. The molecule has 2 amide bonds. The highest BCUT2D eigenvalue weighted by atomic mass is 16.6. The van der Waals surface area contributed by atoms with Crippen LogP contribution in [0.1, 0.15) is 32.1 Å². The smallest absolute Gasteiger partial charge is 0.315 e. The van der Waals surface area contributed by atoms with Gasteiger partial charge in [-0.2, -0.15) is 0 Å². The molecule has 9 heteroatoms. The van der Waals surface area contributed by atoms with E-state index >= 15 is 0 Å². The highest BCUT2D eigenvalue weighted by Crippen LogP contribution is 2.24. The lowest BCUT2D eigenvalue weighted by atomic mass is 10.1. The molecule has 1 N–H and O–H groups in total. The summed E-state index contributed by atoms with van der Waals surface area (Å²) in [5, 5.41) is 14.1. The Morgan fingerprint density at radius 1 is 1.20 bits per heavy atom. The van der Waals surface area contributed by atoms with E-state index in [-0.39, 0.29) is 17.3 Å². The Kier molecular flexibility index (Phi) is 6.10. The van der Waals surface area contributed by atoms with Gasteiger partial charge in [0, 0.05) is 31.4 Å². The van der Waals surface area contributed by atoms with E-state index in [9.17, 15) is 19.7 Å². The molecule has 1 aromatic heterocycles. The summed E-state index contributed by atoms with van der Waals surface area (Å²) in [6.45, 7) is 4.16. The minimum absolute atomic E-state index is 0.0536. The van der Waals surface area contributed by atoms with E-state index in [0.717, 1.165) is 0 Å². The summed E-state index contributed by atoms with van der Waals surface area (Å²) >= 11 is 0. The average Bonchev–Trinajstić information content (AvgIpc) is 2.75. The third-order valence-corrected chi connectivity index (χ3v) is 5.01. The van der Waals surface area contributed by atoms with Gasteiger partial charge in [0.05, 0.1) is 21.9 Å². The molecule has 0 saturated carbocycles. The van der Waals surface area contributed by atoms with Crippen molar-refractivity contribution in [3.63, 3.8) is 0 Å². The summed E-state index contributed by atoms with van der Waals surface area (Å²) in [4.78, 5) is 42.3. The second-order valence-electron chi connectivity index (χ2n) is 6.80. The molecule has 0 fully saturated rings. The lowest BCUT2D eigenvalue weighted by molar-refractivity contribution is -0.384. The van der Waals surface area contributed by atoms with Gasteiger partial charge >= 0.3 is 6.03 Å². The van der Waals surface area contributed by atoms with Crippen LogP contribution in [0.4, 0.5) is 16.2 Å². The van der Waals surface area contributed by atoms with Crippen molar-refractivity contribution in [1.29, 1.82) is 0 Å². The SMILES string of the molecule is CCC(c1nc2ccccc2c(=O)n1C)N(CC)C(=O)Nc1ccc([N+](=O)[O-])cc1. The maximum atomic E-state index is 13.0. The molecule has 30 heavy (non-hydrogen) atoms. The van der Waals surface area contributed by atoms with Crippen LogP contribution in [-0.4, -0.2) is 32.0 Å². The second kappa shape index (κ2) is 8.73. The first-order chi connectivity index (χ1) is 14.4. The maximum Gasteiger partial charge on any atom is 0.322 e. The quantitative estimate of drug-likeness (QED) is 0.491. The summed E-state index contributed by atoms with van der Waals surface area (Å²) in [6.07, 6.45) is 0.556. The van der Waals surface area contributed by atoms with Crippen LogP contribution in [0, 0.1) is 10.1 Å². The van der Waals surface area contributed by atoms with E-state index in [2.05, 4.69) is 10.3 Å². The van der Waals surface area contributed by atoms with Crippen LogP contribution in [0.25, 0.3) is 10.9 Å².